The Morgan fingerprint density at radius 3 is 1.21 bits per heavy atom. The molecule has 0 saturated heterocycles. The molecule has 0 amide bonds. The lowest BCUT2D eigenvalue weighted by atomic mass is 9.93. The van der Waals surface area contributed by atoms with Gasteiger partial charge >= 0.3 is 0 Å². The Labute approximate surface area is 302 Å². The monoisotopic (exact) mass is 664 g/mol. The number of pyridine rings is 1. The number of hydrogen-bond acceptors (Lipinski definition) is 4. The first-order valence-electron chi connectivity index (χ1n) is 17.4. The number of nitrogens with zero attached hydrogens (tertiary/aromatic N) is 4. The van der Waals surface area contributed by atoms with Crippen LogP contribution in [0.4, 0.5) is 0 Å². The molecule has 0 fully saturated rings. The summed E-state index contributed by atoms with van der Waals surface area (Å²) in [7, 11) is 0. The van der Waals surface area contributed by atoms with E-state index in [4.69, 9.17) is 19.9 Å². The normalized spacial score (nSPS) is 11.1. The van der Waals surface area contributed by atoms with Crippen molar-refractivity contribution in [2.45, 2.75) is 0 Å². The van der Waals surface area contributed by atoms with Crippen LogP contribution in [0.1, 0.15) is 0 Å². The fourth-order valence-electron chi connectivity index (χ4n) is 6.64. The van der Waals surface area contributed by atoms with Crippen LogP contribution in [0.5, 0.6) is 0 Å². The van der Waals surface area contributed by atoms with Gasteiger partial charge in [0.25, 0.3) is 0 Å². The molecule has 0 aliphatic rings. The Morgan fingerprint density at radius 2 is 0.635 bits per heavy atom. The lowest BCUT2D eigenvalue weighted by molar-refractivity contribution is 1.07. The molecular weight excluding hydrogens is 633 g/mol. The summed E-state index contributed by atoms with van der Waals surface area (Å²) in [5.74, 6) is 1.84. The highest BCUT2D eigenvalue weighted by molar-refractivity contribution is 5.86. The number of hydrogen-bond donors (Lipinski definition) is 0. The van der Waals surface area contributed by atoms with Crippen molar-refractivity contribution in [3.05, 3.63) is 194 Å². The van der Waals surface area contributed by atoms with Crippen LogP contribution in [-0.4, -0.2) is 19.9 Å². The maximum atomic E-state index is 5.11. The largest absolute Gasteiger partial charge is 0.256 e. The van der Waals surface area contributed by atoms with Crippen LogP contribution in [0.3, 0.4) is 0 Å². The molecule has 0 N–H and O–H groups in total. The summed E-state index contributed by atoms with van der Waals surface area (Å²) in [6.45, 7) is 0. The van der Waals surface area contributed by atoms with Crippen LogP contribution >= 0.6 is 0 Å². The van der Waals surface area contributed by atoms with Gasteiger partial charge in [-0.25, -0.2) is 15.0 Å². The van der Waals surface area contributed by atoms with E-state index in [9.17, 15) is 0 Å². The molecule has 0 saturated carbocycles. The van der Waals surface area contributed by atoms with Crippen LogP contribution in [0.15, 0.2) is 194 Å². The van der Waals surface area contributed by atoms with Crippen molar-refractivity contribution in [3.8, 4) is 78.8 Å². The first-order valence-corrected chi connectivity index (χ1v) is 17.4. The fourth-order valence-corrected chi connectivity index (χ4v) is 6.64. The van der Waals surface area contributed by atoms with Gasteiger partial charge in [0, 0.05) is 33.8 Å². The molecule has 0 spiro atoms. The highest BCUT2D eigenvalue weighted by atomic mass is 15.0. The molecule has 0 bridgehead atoms. The Morgan fingerprint density at radius 1 is 0.250 bits per heavy atom. The number of benzene rings is 7. The first-order chi connectivity index (χ1) is 25.7. The van der Waals surface area contributed by atoms with Gasteiger partial charge in [-0.3, -0.25) is 4.98 Å². The number of fused-ring (bicyclic) bond motifs is 1. The van der Waals surface area contributed by atoms with Crippen LogP contribution in [0.2, 0.25) is 0 Å². The molecule has 4 heteroatoms. The van der Waals surface area contributed by atoms with Crippen LogP contribution in [-0.2, 0) is 0 Å². The summed E-state index contributed by atoms with van der Waals surface area (Å²) in [6, 6.07) is 65.2. The second-order valence-corrected chi connectivity index (χ2v) is 12.8. The van der Waals surface area contributed by atoms with Gasteiger partial charge in [0.05, 0.1) is 5.69 Å². The lowest BCUT2D eigenvalue weighted by Crippen LogP contribution is -2.00. The van der Waals surface area contributed by atoms with Gasteiger partial charge in [-0.2, -0.15) is 0 Å². The molecule has 7 aromatic carbocycles. The van der Waals surface area contributed by atoms with Gasteiger partial charge in [0.15, 0.2) is 17.5 Å². The third kappa shape index (κ3) is 6.37. The Balaban J connectivity index is 1.16. The predicted molar refractivity (Wildman–Crippen MR) is 213 cm³/mol. The summed E-state index contributed by atoms with van der Waals surface area (Å²) < 4.78 is 0. The Hall–Kier alpha value is -7.04. The van der Waals surface area contributed by atoms with Gasteiger partial charge in [-0.15, -0.1) is 0 Å². The lowest BCUT2D eigenvalue weighted by Gasteiger charge is -2.13. The molecule has 0 aliphatic heterocycles. The quantitative estimate of drug-likeness (QED) is 0.170. The summed E-state index contributed by atoms with van der Waals surface area (Å²) in [5, 5.41) is 2.26. The van der Waals surface area contributed by atoms with Crippen LogP contribution < -0.4 is 0 Å². The molecule has 0 aliphatic carbocycles. The third-order valence-electron chi connectivity index (χ3n) is 9.32. The molecule has 52 heavy (non-hydrogen) atoms. The van der Waals surface area contributed by atoms with Crippen molar-refractivity contribution in [2.75, 3.05) is 0 Å². The van der Waals surface area contributed by atoms with Crippen LogP contribution in [0.25, 0.3) is 89.6 Å². The fraction of sp³-hybridized carbons (Fsp3) is 0. The van der Waals surface area contributed by atoms with Gasteiger partial charge in [0.2, 0.25) is 0 Å². The summed E-state index contributed by atoms with van der Waals surface area (Å²) >= 11 is 0. The topological polar surface area (TPSA) is 51.6 Å². The van der Waals surface area contributed by atoms with Gasteiger partial charge in [-0.1, -0.05) is 152 Å². The Kier molecular flexibility index (Phi) is 8.16. The highest BCUT2D eigenvalue weighted by Gasteiger charge is 2.15. The average molecular weight is 665 g/mol. The van der Waals surface area contributed by atoms with Crippen LogP contribution in [0, 0.1) is 0 Å². The zero-order valence-corrected chi connectivity index (χ0v) is 28.3. The third-order valence-corrected chi connectivity index (χ3v) is 9.32. The van der Waals surface area contributed by atoms with Gasteiger partial charge in [-0.05, 0) is 75.2 Å². The number of aromatic nitrogens is 4. The van der Waals surface area contributed by atoms with Crippen molar-refractivity contribution < 1.29 is 0 Å². The van der Waals surface area contributed by atoms with E-state index in [1.165, 1.54) is 11.1 Å². The van der Waals surface area contributed by atoms with Crippen molar-refractivity contribution in [3.63, 3.8) is 0 Å². The van der Waals surface area contributed by atoms with Crippen molar-refractivity contribution in [1.29, 1.82) is 0 Å². The van der Waals surface area contributed by atoms with Crippen molar-refractivity contribution >= 4 is 10.8 Å². The molecule has 0 unspecified atom stereocenters. The molecule has 2 heterocycles. The minimum atomic E-state index is 0.606. The minimum Gasteiger partial charge on any atom is -0.256 e. The maximum absolute atomic E-state index is 5.11. The smallest absolute Gasteiger partial charge is 0.164 e. The molecule has 0 radical (unpaired) electrons. The summed E-state index contributed by atoms with van der Waals surface area (Å²) in [5.41, 5.74) is 11.5. The molecular formula is C48H32N4. The second kappa shape index (κ2) is 13.7. The van der Waals surface area contributed by atoms with E-state index in [1.807, 2.05) is 48.7 Å². The zero-order valence-electron chi connectivity index (χ0n) is 28.3. The summed E-state index contributed by atoms with van der Waals surface area (Å²) in [4.78, 5) is 19.9. The number of rotatable bonds is 7. The molecule has 2 aromatic heterocycles. The van der Waals surface area contributed by atoms with E-state index in [2.05, 4.69) is 146 Å². The molecule has 0 atom stereocenters. The first kappa shape index (κ1) is 31.0. The average Bonchev–Trinajstić information content (AvgIpc) is 3.24. The maximum Gasteiger partial charge on any atom is 0.164 e. The summed E-state index contributed by atoms with van der Waals surface area (Å²) in [6.07, 6.45) is 1.93. The SMILES string of the molecule is c1ccc(-c2cc(-c3ccccc3)cc(-c3cccc(-c4nc(-c5ccccc5)nc(-c5cccc(-c6cc7ccccc7cn6)c5)n4)c3)c2)cc1. The predicted octanol–water partition coefficient (Wildman–Crippen LogP) is 12.1. The molecule has 244 valence electrons. The van der Waals surface area contributed by atoms with Crippen molar-refractivity contribution in [1.82, 2.24) is 19.9 Å². The van der Waals surface area contributed by atoms with E-state index in [1.54, 1.807) is 0 Å². The standard InChI is InChI=1S/C48H32N4/c1-4-14-33(15-5-1)42-28-43(34-16-6-2-7-17-34)30-44(29-42)36-22-12-24-39(26-36)47-50-46(35-18-8-3-9-19-35)51-48(52-47)40-25-13-23-38(27-40)45-31-37-20-10-11-21-41(37)32-49-45/h1-32H. The minimum absolute atomic E-state index is 0.606. The van der Waals surface area contributed by atoms with E-state index >= 15 is 0 Å². The Bertz CT molecular complexity index is 2610. The molecule has 9 rings (SSSR count). The molecule has 4 nitrogen and oxygen atoms in total. The van der Waals surface area contributed by atoms with Crippen molar-refractivity contribution in [2.24, 2.45) is 0 Å². The zero-order chi connectivity index (χ0) is 34.7. The second-order valence-electron chi connectivity index (χ2n) is 12.8. The highest BCUT2D eigenvalue weighted by Crippen LogP contribution is 2.35. The van der Waals surface area contributed by atoms with E-state index in [-0.39, 0.29) is 0 Å². The van der Waals surface area contributed by atoms with E-state index in [0.29, 0.717) is 17.5 Å². The van der Waals surface area contributed by atoms with Gasteiger partial charge in [0.1, 0.15) is 0 Å². The van der Waals surface area contributed by atoms with E-state index in [0.717, 1.165) is 61.0 Å². The van der Waals surface area contributed by atoms with E-state index < -0.39 is 0 Å². The molecule has 9 aromatic rings. The van der Waals surface area contributed by atoms with Gasteiger partial charge < -0.3 is 0 Å².